The van der Waals surface area contributed by atoms with Crippen LogP contribution in [-0.4, -0.2) is 24.5 Å². The first-order valence-corrected chi connectivity index (χ1v) is 4.30. The summed E-state index contributed by atoms with van der Waals surface area (Å²) in [6.07, 6.45) is 0. The van der Waals surface area contributed by atoms with E-state index in [1.807, 2.05) is 0 Å². The van der Waals surface area contributed by atoms with Gasteiger partial charge in [-0.2, -0.15) is 0 Å². The summed E-state index contributed by atoms with van der Waals surface area (Å²) >= 11 is 5.63. The fourth-order valence-electron chi connectivity index (χ4n) is 1.05. The summed E-state index contributed by atoms with van der Waals surface area (Å²) in [6.45, 7) is -0.0277. The molecule has 0 bridgehead atoms. The van der Waals surface area contributed by atoms with E-state index in [9.17, 15) is 9.18 Å². The predicted molar refractivity (Wildman–Crippen MR) is 51.3 cm³/mol. The van der Waals surface area contributed by atoms with Crippen LogP contribution in [-0.2, 0) is 0 Å². The summed E-state index contributed by atoms with van der Waals surface area (Å²) in [5.41, 5.74) is -0.277. The monoisotopic (exact) mass is 217 g/mol. The van der Waals surface area contributed by atoms with E-state index in [1.165, 1.54) is 6.07 Å². The van der Waals surface area contributed by atoms with Crippen molar-refractivity contribution in [3.05, 3.63) is 28.5 Å². The van der Waals surface area contributed by atoms with Crippen molar-refractivity contribution in [1.82, 2.24) is 5.32 Å². The van der Waals surface area contributed by atoms with Gasteiger partial charge in [-0.15, -0.1) is 0 Å². The molecule has 0 fully saturated rings. The van der Waals surface area contributed by atoms with Crippen LogP contribution in [0.4, 0.5) is 4.39 Å². The van der Waals surface area contributed by atoms with Gasteiger partial charge < -0.3 is 10.4 Å². The van der Waals surface area contributed by atoms with E-state index in [4.69, 9.17) is 16.7 Å². The largest absolute Gasteiger partial charge is 0.505 e. The minimum atomic E-state index is -0.974. The summed E-state index contributed by atoms with van der Waals surface area (Å²) in [7, 11) is 1.56. The molecule has 0 atom stereocenters. The Bertz CT molecular complexity index is 368. The second kappa shape index (κ2) is 4.39. The van der Waals surface area contributed by atoms with Crippen LogP contribution in [0, 0.1) is 5.82 Å². The van der Waals surface area contributed by atoms with Crippen molar-refractivity contribution in [2.75, 3.05) is 13.6 Å². The molecule has 0 saturated carbocycles. The topological polar surface area (TPSA) is 49.3 Å². The molecule has 0 unspecified atom stereocenters. The molecule has 0 saturated heterocycles. The van der Waals surface area contributed by atoms with E-state index in [-0.39, 0.29) is 17.1 Å². The number of ketones is 1. The standard InChI is InChI=1S/C9H9ClFNO2/c1-12-4-7(14)8-5(10)2-3-6(13)9(8)11/h2-3,12-13H,4H2,1H3. The maximum atomic E-state index is 13.3. The Morgan fingerprint density at radius 2 is 2.29 bits per heavy atom. The Balaban J connectivity index is 3.18. The van der Waals surface area contributed by atoms with E-state index >= 15 is 0 Å². The first-order valence-electron chi connectivity index (χ1n) is 3.92. The number of hydrogen-bond donors (Lipinski definition) is 2. The summed E-state index contributed by atoms with van der Waals surface area (Å²) < 4.78 is 13.3. The lowest BCUT2D eigenvalue weighted by Gasteiger charge is -2.05. The first-order chi connectivity index (χ1) is 6.57. The maximum Gasteiger partial charge on any atom is 0.181 e. The lowest BCUT2D eigenvalue weighted by Crippen LogP contribution is -2.20. The van der Waals surface area contributed by atoms with Crippen LogP contribution in [0.25, 0.3) is 0 Å². The van der Waals surface area contributed by atoms with Gasteiger partial charge in [-0.05, 0) is 19.2 Å². The number of halogens is 2. The van der Waals surface area contributed by atoms with Crippen LogP contribution in [0.5, 0.6) is 5.75 Å². The van der Waals surface area contributed by atoms with Crippen LogP contribution in [0.1, 0.15) is 10.4 Å². The van der Waals surface area contributed by atoms with Gasteiger partial charge in [0.05, 0.1) is 17.1 Å². The number of carbonyl (C=O) groups is 1. The zero-order valence-electron chi connectivity index (χ0n) is 7.47. The van der Waals surface area contributed by atoms with Crippen LogP contribution in [0.15, 0.2) is 12.1 Å². The van der Waals surface area contributed by atoms with Crippen LogP contribution < -0.4 is 5.32 Å². The molecule has 76 valence electrons. The fourth-order valence-corrected chi connectivity index (χ4v) is 1.30. The van der Waals surface area contributed by atoms with Gasteiger partial charge in [0, 0.05) is 0 Å². The number of nitrogens with one attached hydrogen (secondary N) is 1. The summed E-state index contributed by atoms with van der Waals surface area (Å²) in [6, 6.07) is 2.39. The molecule has 3 nitrogen and oxygen atoms in total. The van der Waals surface area contributed by atoms with Crippen LogP contribution in [0.3, 0.4) is 0 Å². The van der Waals surface area contributed by atoms with Crippen molar-refractivity contribution in [3.8, 4) is 5.75 Å². The SMILES string of the molecule is CNCC(=O)c1c(Cl)ccc(O)c1F. The Kier molecular flexibility index (Phi) is 3.43. The Morgan fingerprint density at radius 3 is 2.86 bits per heavy atom. The van der Waals surface area contributed by atoms with Crippen molar-refractivity contribution in [3.63, 3.8) is 0 Å². The molecule has 0 aliphatic heterocycles. The second-order valence-corrected chi connectivity index (χ2v) is 3.12. The highest BCUT2D eigenvalue weighted by Crippen LogP contribution is 2.26. The fraction of sp³-hybridized carbons (Fsp3) is 0.222. The number of phenols is 1. The Hall–Kier alpha value is -1.13. The van der Waals surface area contributed by atoms with Gasteiger partial charge in [-0.3, -0.25) is 4.79 Å². The molecule has 0 spiro atoms. The van der Waals surface area contributed by atoms with Gasteiger partial charge >= 0.3 is 0 Å². The molecule has 1 rings (SSSR count). The third-order valence-corrected chi connectivity index (χ3v) is 2.00. The first kappa shape index (κ1) is 10.9. The third kappa shape index (κ3) is 2.02. The van der Waals surface area contributed by atoms with Crippen molar-refractivity contribution in [1.29, 1.82) is 0 Å². The van der Waals surface area contributed by atoms with E-state index < -0.39 is 17.3 Å². The van der Waals surface area contributed by atoms with Crippen molar-refractivity contribution < 1.29 is 14.3 Å². The molecule has 0 aromatic heterocycles. The number of hydrogen-bond acceptors (Lipinski definition) is 3. The van der Waals surface area contributed by atoms with Crippen LogP contribution in [0.2, 0.25) is 5.02 Å². The van der Waals surface area contributed by atoms with E-state index in [2.05, 4.69) is 5.32 Å². The summed E-state index contributed by atoms with van der Waals surface area (Å²) in [4.78, 5) is 11.3. The van der Waals surface area contributed by atoms with Crippen LogP contribution >= 0.6 is 11.6 Å². The molecule has 0 heterocycles. The average molecular weight is 218 g/mol. The number of likely N-dealkylation sites (N-methyl/N-ethyl adjacent to an activating group) is 1. The molecular weight excluding hydrogens is 209 g/mol. The molecule has 0 aliphatic rings. The zero-order valence-corrected chi connectivity index (χ0v) is 8.23. The van der Waals surface area contributed by atoms with Gasteiger partial charge in [-0.1, -0.05) is 11.6 Å². The van der Waals surface area contributed by atoms with Crippen molar-refractivity contribution in [2.45, 2.75) is 0 Å². The number of aromatic hydroxyl groups is 1. The lowest BCUT2D eigenvalue weighted by atomic mass is 10.1. The minimum Gasteiger partial charge on any atom is -0.505 e. The molecule has 0 amide bonds. The quantitative estimate of drug-likeness (QED) is 0.756. The van der Waals surface area contributed by atoms with Crippen molar-refractivity contribution >= 4 is 17.4 Å². The molecule has 2 N–H and O–H groups in total. The zero-order chi connectivity index (χ0) is 10.7. The number of Topliss-reactive ketones (excluding diaryl/α,β-unsaturated/α-hetero) is 1. The molecule has 0 aliphatic carbocycles. The van der Waals surface area contributed by atoms with E-state index in [1.54, 1.807) is 7.05 Å². The average Bonchev–Trinajstić information content (AvgIpc) is 2.13. The van der Waals surface area contributed by atoms with Gasteiger partial charge in [0.15, 0.2) is 17.3 Å². The van der Waals surface area contributed by atoms with E-state index in [0.29, 0.717) is 0 Å². The molecule has 14 heavy (non-hydrogen) atoms. The minimum absolute atomic E-state index is 0.000509. The summed E-state index contributed by atoms with van der Waals surface area (Å²) in [5, 5.41) is 11.6. The molecule has 1 aromatic carbocycles. The third-order valence-electron chi connectivity index (χ3n) is 1.69. The van der Waals surface area contributed by atoms with Gasteiger partial charge in [0.25, 0.3) is 0 Å². The highest BCUT2D eigenvalue weighted by atomic mass is 35.5. The Morgan fingerprint density at radius 1 is 1.64 bits per heavy atom. The highest BCUT2D eigenvalue weighted by Gasteiger charge is 2.18. The molecule has 1 aromatic rings. The predicted octanol–water partition coefficient (Wildman–Crippen LogP) is 1.59. The second-order valence-electron chi connectivity index (χ2n) is 2.71. The van der Waals surface area contributed by atoms with Gasteiger partial charge in [-0.25, -0.2) is 4.39 Å². The van der Waals surface area contributed by atoms with Gasteiger partial charge in [0.1, 0.15) is 0 Å². The maximum absolute atomic E-state index is 13.3. The normalized spacial score (nSPS) is 10.2. The van der Waals surface area contributed by atoms with Gasteiger partial charge in [0.2, 0.25) is 0 Å². The summed E-state index contributed by atoms with van der Waals surface area (Å²) in [5.74, 6) is -2.04. The highest BCUT2D eigenvalue weighted by molar-refractivity contribution is 6.34. The van der Waals surface area contributed by atoms with Crippen molar-refractivity contribution in [2.24, 2.45) is 0 Å². The van der Waals surface area contributed by atoms with E-state index in [0.717, 1.165) is 6.07 Å². The number of benzene rings is 1. The smallest absolute Gasteiger partial charge is 0.181 e. The molecule has 0 radical (unpaired) electrons. The number of phenolic OH excluding ortho intramolecular Hbond substituents is 1. The molecular formula is C9H9ClFNO2. The molecule has 5 heteroatoms. The number of carbonyl (C=O) groups excluding carboxylic acids is 1. The Labute approximate surface area is 85.5 Å². The number of rotatable bonds is 3. The lowest BCUT2D eigenvalue weighted by molar-refractivity contribution is 0.0989.